The molecule has 204 valence electrons. The Morgan fingerprint density at radius 3 is 2.58 bits per heavy atom. The van der Waals surface area contributed by atoms with Crippen molar-refractivity contribution >= 4 is 11.8 Å². The predicted molar refractivity (Wildman–Crippen MR) is 141 cm³/mol. The maximum absolute atomic E-state index is 15.0. The number of aliphatic hydroxyl groups is 1. The summed E-state index contributed by atoms with van der Waals surface area (Å²) in [5.74, 6) is -0.670. The van der Waals surface area contributed by atoms with Crippen molar-refractivity contribution in [3.63, 3.8) is 0 Å². The quantitative estimate of drug-likeness (QED) is 0.549. The Bertz CT molecular complexity index is 1160. The molecule has 2 amide bonds. The molecule has 1 aliphatic carbocycles. The standard InChI is InChI=1S/C29H37FN4O4/c1-29(9-2-10-29)18-33-11-7-19(8-12-33)17-38-22-4-6-25(32-15-22)23-5-3-20(13-24(23)30)28(37)34-16-21(35)14-26(34)27(31)36/h3-6,13,15,19,21,26,35H,2,7-12,14,16-18H2,1H3,(H2,31,36)/t21-,26+/m1/s1. The number of piperidine rings is 1. The first-order chi connectivity index (χ1) is 18.2. The Morgan fingerprint density at radius 2 is 1.97 bits per heavy atom. The summed E-state index contributed by atoms with van der Waals surface area (Å²) in [5, 5.41) is 9.86. The van der Waals surface area contributed by atoms with E-state index in [0.29, 0.717) is 29.4 Å². The van der Waals surface area contributed by atoms with Crippen molar-refractivity contribution < 1.29 is 23.8 Å². The van der Waals surface area contributed by atoms with E-state index in [2.05, 4.69) is 16.8 Å². The molecule has 1 aromatic carbocycles. The van der Waals surface area contributed by atoms with E-state index in [1.165, 1.54) is 42.8 Å². The second kappa shape index (κ2) is 11.0. The maximum atomic E-state index is 15.0. The van der Waals surface area contributed by atoms with Gasteiger partial charge in [-0.05, 0) is 80.4 Å². The molecule has 3 heterocycles. The number of halogens is 1. The van der Waals surface area contributed by atoms with Crippen molar-refractivity contribution in [3.05, 3.63) is 47.9 Å². The third-order valence-corrected chi connectivity index (χ3v) is 8.46. The number of ether oxygens (including phenoxy) is 1. The van der Waals surface area contributed by atoms with E-state index >= 15 is 0 Å². The second-order valence-electron chi connectivity index (χ2n) is 11.5. The van der Waals surface area contributed by atoms with Gasteiger partial charge < -0.3 is 25.4 Å². The first-order valence-electron chi connectivity index (χ1n) is 13.6. The molecule has 3 N–H and O–H groups in total. The highest BCUT2D eigenvalue weighted by Crippen LogP contribution is 2.41. The van der Waals surface area contributed by atoms with Gasteiger partial charge in [0.2, 0.25) is 5.91 Å². The molecule has 2 aromatic rings. The minimum atomic E-state index is -0.905. The zero-order chi connectivity index (χ0) is 26.9. The zero-order valence-electron chi connectivity index (χ0n) is 21.9. The fourth-order valence-corrected chi connectivity index (χ4v) is 5.96. The van der Waals surface area contributed by atoms with Gasteiger partial charge in [0.25, 0.3) is 5.91 Å². The average Bonchev–Trinajstić information content (AvgIpc) is 3.29. The van der Waals surface area contributed by atoms with Crippen molar-refractivity contribution in [1.29, 1.82) is 0 Å². The third kappa shape index (κ3) is 5.83. The van der Waals surface area contributed by atoms with Crippen molar-refractivity contribution in [2.75, 3.05) is 32.8 Å². The van der Waals surface area contributed by atoms with Crippen LogP contribution < -0.4 is 10.5 Å². The van der Waals surface area contributed by atoms with Crippen LogP contribution in [-0.2, 0) is 4.79 Å². The van der Waals surface area contributed by atoms with E-state index in [1.54, 1.807) is 18.3 Å². The lowest BCUT2D eigenvalue weighted by Gasteiger charge is -2.44. The number of nitrogens with zero attached hydrogens (tertiary/aromatic N) is 3. The summed E-state index contributed by atoms with van der Waals surface area (Å²) in [6.07, 6.45) is 7.19. The molecule has 0 unspecified atom stereocenters. The molecule has 3 aliphatic rings. The summed E-state index contributed by atoms with van der Waals surface area (Å²) >= 11 is 0. The summed E-state index contributed by atoms with van der Waals surface area (Å²) in [5.41, 5.74) is 6.66. The number of primary amides is 1. The molecule has 1 saturated carbocycles. The molecular weight excluding hydrogens is 487 g/mol. The van der Waals surface area contributed by atoms with Gasteiger partial charge in [-0.25, -0.2) is 4.39 Å². The van der Waals surface area contributed by atoms with Crippen LogP contribution in [0.4, 0.5) is 4.39 Å². The molecule has 0 radical (unpaired) electrons. The van der Waals surface area contributed by atoms with Crippen LogP contribution in [0.15, 0.2) is 36.5 Å². The number of carbonyl (C=O) groups excluding carboxylic acids is 2. The van der Waals surface area contributed by atoms with Gasteiger partial charge in [0, 0.05) is 30.6 Å². The molecule has 0 spiro atoms. The van der Waals surface area contributed by atoms with Gasteiger partial charge in [-0.1, -0.05) is 13.3 Å². The number of benzene rings is 1. The Labute approximate surface area is 223 Å². The Kier molecular flexibility index (Phi) is 7.68. The molecular formula is C29H37FN4O4. The number of amides is 2. The van der Waals surface area contributed by atoms with Gasteiger partial charge in [-0.2, -0.15) is 0 Å². The Morgan fingerprint density at radius 1 is 1.21 bits per heavy atom. The lowest BCUT2D eigenvalue weighted by atomic mass is 9.70. The molecule has 5 rings (SSSR count). The predicted octanol–water partition coefficient (Wildman–Crippen LogP) is 3.23. The normalized spacial score (nSPS) is 23.7. The Hall–Kier alpha value is -3.04. The summed E-state index contributed by atoms with van der Waals surface area (Å²) < 4.78 is 21.0. The van der Waals surface area contributed by atoms with Gasteiger partial charge in [-0.15, -0.1) is 0 Å². The fourth-order valence-electron chi connectivity index (χ4n) is 5.96. The second-order valence-corrected chi connectivity index (χ2v) is 11.5. The summed E-state index contributed by atoms with van der Waals surface area (Å²) in [4.78, 5) is 32.7. The van der Waals surface area contributed by atoms with Crippen molar-refractivity contribution in [3.8, 4) is 17.0 Å². The van der Waals surface area contributed by atoms with Gasteiger partial charge in [0.1, 0.15) is 17.6 Å². The minimum Gasteiger partial charge on any atom is -0.492 e. The summed E-state index contributed by atoms with van der Waals surface area (Å²) in [6.45, 7) is 6.50. The van der Waals surface area contributed by atoms with Crippen LogP contribution in [0.1, 0.15) is 55.8 Å². The number of hydrogen-bond acceptors (Lipinski definition) is 6. The van der Waals surface area contributed by atoms with E-state index in [4.69, 9.17) is 10.5 Å². The average molecular weight is 525 g/mol. The maximum Gasteiger partial charge on any atom is 0.254 e. The third-order valence-electron chi connectivity index (χ3n) is 8.46. The van der Waals surface area contributed by atoms with Gasteiger partial charge in [0.05, 0.1) is 24.6 Å². The van der Waals surface area contributed by atoms with Crippen molar-refractivity contribution in [2.24, 2.45) is 17.1 Å². The van der Waals surface area contributed by atoms with Gasteiger partial charge >= 0.3 is 0 Å². The largest absolute Gasteiger partial charge is 0.492 e. The summed E-state index contributed by atoms with van der Waals surface area (Å²) in [7, 11) is 0. The van der Waals surface area contributed by atoms with E-state index < -0.39 is 29.8 Å². The first kappa shape index (κ1) is 26.6. The van der Waals surface area contributed by atoms with Crippen LogP contribution in [0.25, 0.3) is 11.3 Å². The number of rotatable bonds is 8. The SMILES string of the molecule is CC1(CN2CCC(COc3ccc(-c4ccc(C(=O)N5C[C@H](O)C[C@H]5C(N)=O)cc4F)nc3)CC2)CCC1. The van der Waals surface area contributed by atoms with Gasteiger partial charge in [-0.3, -0.25) is 14.6 Å². The highest BCUT2D eigenvalue weighted by atomic mass is 19.1. The van der Waals surface area contributed by atoms with Crippen LogP contribution >= 0.6 is 0 Å². The van der Waals surface area contributed by atoms with E-state index in [-0.39, 0.29) is 24.1 Å². The molecule has 0 bridgehead atoms. The zero-order valence-corrected chi connectivity index (χ0v) is 21.9. The van der Waals surface area contributed by atoms with Crippen LogP contribution in [0.2, 0.25) is 0 Å². The molecule has 1 aromatic heterocycles. The molecule has 2 saturated heterocycles. The highest BCUT2D eigenvalue weighted by molar-refractivity contribution is 5.98. The number of pyridine rings is 1. The molecule has 9 heteroatoms. The van der Waals surface area contributed by atoms with E-state index in [9.17, 15) is 19.1 Å². The lowest BCUT2D eigenvalue weighted by molar-refractivity contribution is -0.121. The van der Waals surface area contributed by atoms with E-state index in [1.807, 2.05) is 0 Å². The highest BCUT2D eigenvalue weighted by Gasteiger charge is 2.38. The molecule has 8 nitrogen and oxygen atoms in total. The van der Waals surface area contributed by atoms with Crippen LogP contribution in [0.3, 0.4) is 0 Å². The first-order valence-corrected chi connectivity index (χ1v) is 13.6. The number of nitrogens with two attached hydrogens (primary N) is 1. The number of aromatic nitrogens is 1. The topological polar surface area (TPSA) is 109 Å². The molecule has 38 heavy (non-hydrogen) atoms. The molecule has 2 aliphatic heterocycles. The van der Waals surface area contributed by atoms with Crippen LogP contribution in [0, 0.1) is 17.2 Å². The number of aliphatic hydroxyl groups excluding tert-OH is 1. The molecule has 2 atom stereocenters. The monoisotopic (exact) mass is 524 g/mol. The smallest absolute Gasteiger partial charge is 0.254 e. The number of hydrogen-bond donors (Lipinski definition) is 2. The van der Waals surface area contributed by atoms with E-state index in [0.717, 1.165) is 32.0 Å². The fraction of sp³-hybridized carbons (Fsp3) is 0.552. The summed E-state index contributed by atoms with van der Waals surface area (Å²) in [6, 6.07) is 6.71. The Balaban J connectivity index is 1.14. The number of β-amino-alcohol motifs (C(OH)–C–C–N with tert-alkyl or cyclic N) is 1. The lowest BCUT2D eigenvalue weighted by Crippen LogP contribution is -2.44. The van der Waals surface area contributed by atoms with Crippen LogP contribution in [0.5, 0.6) is 5.75 Å². The number of likely N-dealkylation sites (tertiary alicyclic amines) is 2. The molecule has 3 fully saturated rings. The van der Waals surface area contributed by atoms with Crippen LogP contribution in [-0.4, -0.2) is 76.6 Å². The van der Waals surface area contributed by atoms with Gasteiger partial charge in [0.15, 0.2) is 0 Å². The van der Waals surface area contributed by atoms with Crippen molar-refractivity contribution in [2.45, 2.75) is 57.6 Å². The number of carbonyl (C=O) groups is 2. The van der Waals surface area contributed by atoms with Crippen molar-refractivity contribution in [1.82, 2.24) is 14.8 Å². The minimum absolute atomic E-state index is 0.0165.